The van der Waals surface area contributed by atoms with Gasteiger partial charge in [0.15, 0.2) is 6.29 Å². The third kappa shape index (κ3) is 8.36. The summed E-state index contributed by atoms with van der Waals surface area (Å²) in [5, 5.41) is 0. The van der Waals surface area contributed by atoms with Crippen LogP contribution in [0.5, 0.6) is 0 Å². The number of unbranched alkanes of at least 4 members (excludes halogenated alkanes) is 3. The molecule has 1 saturated heterocycles. The first-order chi connectivity index (χ1) is 8.43. The molecule has 0 saturated carbocycles. The van der Waals surface area contributed by atoms with Crippen molar-refractivity contribution in [1.82, 2.24) is 0 Å². The van der Waals surface area contributed by atoms with Crippen molar-refractivity contribution >= 4 is 0 Å². The van der Waals surface area contributed by atoms with E-state index < -0.39 is 0 Å². The molecule has 1 fully saturated rings. The maximum atomic E-state index is 5.67. The topological polar surface area (TPSA) is 44.5 Å². The molecule has 1 aliphatic rings. The molecule has 1 heterocycles. The van der Waals surface area contributed by atoms with Crippen molar-refractivity contribution in [1.29, 1.82) is 0 Å². The van der Waals surface area contributed by atoms with E-state index in [1.54, 1.807) is 0 Å². The lowest BCUT2D eigenvalue weighted by atomic mass is 10.2. The van der Waals surface area contributed by atoms with Gasteiger partial charge in [-0.05, 0) is 51.5 Å². The first-order valence-electron chi connectivity index (χ1n) is 7.02. The average molecular weight is 241 g/mol. The van der Waals surface area contributed by atoms with Gasteiger partial charge in [-0.15, -0.1) is 0 Å². The zero-order chi connectivity index (χ0) is 12.2. The maximum absolute atomic E-state index is 5.67. The lowest BCUT2D eigenvalue weighted by Gasteiger charge is -2.22. The van der Waals surface area contributed by atoms with Gasteiger partial charge in [0, 0.05) is 13.2 Å². The molecular weight excluding hydrogens is 214 g/mol. The van der Waals surface area contributed by atoms with Crippen LogP contribution in [0.2, 0.25) is 0 Å². The second kappa shape index (κ2) is 10.8. The minimum atomic E-state index is 0.0770. The van der Waals surface area contributed by atoms with E-state index in [0.29, 0.717) is 0 Å². The second-order valence-corrected chi connectivity index (χ2v) is 4.57. The second-order valence-electron chi connectivity index (χ2n) is 4.57. The van der Waals surface area contributed by atoms with Crippen LogP contribution in [0.15, 0.2) is 12.2 Å². The SMILES string of the molecule is NCC/C=C\CCCCCOC1CCCCO1. The van der Waals surface area contributed by atoms with E-state index in [-0.39, 0.29) is 6.29 Å². The summed E-state index contributed by atoms with van der Waals surface area (Å²) in [6.07, 6.45) is 13.8. The molecular formula is C14H27NO2. The fourth-order valence-corrected chi connectivity index (χ4v) is 1.93. The van der Waals surface area contributed by atoms with Crippen LogP contribution < -0.4 is 5.73 Å². The van der Waals surface area contributed by atoms with E-state index in [9.17, 15) is 0 Å². The fourth-order valence-electron chi connectivity index (χ4n) is 1.93. The van der Waals surface area contributed by atoms with Crippen LogP contribution in [0.25, 0.3) is 0 Å². The predicted molar refractivity (Wildman–Crippen MR) is 70.8 cm³/mol. The van der Waals surface area contributed by atoms with Gasteiger partial charge in [-0.25, -0.2) is 0 Å². The summed E-state index contributed by atoms with van der Waals surface area (Å²) >= 11 is 0. The monoisotopic (exact) mass is 241 g/mol. The predicted octanol–water partition coefficient (Wildman–Crippen LogP) is 3.00. The van der Waals surface area contributed by atoms with Crippen molar-refractivity contribution in [3.05, 3.63) is 12.2 Å². The Kier molecular flexibility index (Phi) is 9.29. The van der Waals surface area contributed by atoms with Crippen molar-refractivity contribution in [2.75, 3.05) is 19.8 Å². The summed E-state index contributed by atoms with van der Waals surface area (Å²) in [6, 6.07) is 0. The van der Waals surface area contributed by atoms with E-state index in [0.717, 1.165) is 39.0 Å². The minimum Gasteiger partial charge on any atom is -0.353 e. The van der Waals surface area contributed by atoms with Gasteiger partial charge >= 0.3 is 0 Å². The molecule has 0 spiro atoms. The van der Waals surface area contributed by atoms with Gasteiger partial charge < -0.3 is 15.2 Å². The molecule has 0 aromatic heterocycles. The molecule has 0 radical (unpaired) electrons. The number of nitrogens with two attached hydrogens (primary N) is 1. The Morgan fingerprint density at radius 1 is 1.12 bits per heavy atom. The summed E-state index contributed by atoms with van der Waals surface area (Å²) in [7, 11) is 0. The third-order valence-electron chi connectivity index (χ3n) is 2.96. The molecule has 1 atom stereocenters. The van der Waals surface area contributed by atoms with Crippen molar-refractivity contribution in [2.24, 2.45) is 5.73 Å². The van der Waals surface area contributed by atoms with Crippen LogP contribution in [-0.4, -0.2) is 26.0 Å². The van der Waals surface area contributed by atoms with Gasteiger partial charge in [-0.3, -0.25) is 0 Å². The molecule has 0 aromatic carbocycles. The summed E-state index contributed by atoms with van der Waals surface area (Å²) in [4.78, 5) is 0. The Morgan fingerprint density at radius 3 is 2.76 bits per heavy atom. The molecule has 1 rings (SSSR count). The van der Waals surface area contributed by atoms with E-state index >= 15 is 0 Å². The summed E-state index contributed by atoms with van der Waals surface area (Å²) < 4.78 is 11.2. The van der Waals surface area contributed by atoms with Crippen molar-refractivity contribution in [3.8, 4) is 0 Å². The zero-order valence-electron chi connectivity index (χ0n) is 10.9. The average Bonchev–Trinajstić information content (AvgIpc) is 2.38. The van der Waals surface area contributed by atoms with Crippen LogP contribution in [0.4, 0.5) is 0 Å². The van der Waals surface area contributed by atoms with Crippen LogP contribution in [0.1, 0.15) is 51.4 Å². The summed E-state index contributed by atoms with van der Waals surface area (Å²) in [5.74, 6) is 0. The Balaban J connectivity index is 1.80. The van der Waals surface area contributed by atoms with Crippen LogP contribution in [0, 0.1) is 0 Å². The van der Waals surface area contributed by atoms with E-state index in [1.807, 2.05) is 0 Å². The zero-order valence-corrected chi connectivity index (χ0v) is 10.9. The van der Waals surface area contributed by atoms with E-state index in [1.165, 1.54) is 32.1 Å². The van der Waals surface area contributed by atoms with Gasteiger partial charge in [0.25, 0.3) is 0 Å². The van der Waals surface area contributed by atoms with Crippen molar-refractivity contribution in [3.63, 3.8) is 0 Å². The molecule has 0 aromatic rings. The van der Waals surface area contributed by atoms with Gasteiger partial charge in [-0.1, -0.05) is 18.6 Å². The summed E-state index contributed by atoms with van der Waals surface area (Å²) in [6.45, 7) is 2.47. The molecule has 3 nitrogen and oxygen atoms in total. The highest BCUT2D eigenvalue weighted by Gasteiger charge is 2.12. The Hall–Kier alpha value is -0.380. The molecule has 1 aliphatic heterocycles. The summed E-state index contributed by atoms with van der Waals surface area (Å²) in [5.41, 5.74) is 5.40. The number of ether oxygens (including phenoxy) is 2. The molecule has 2 N–H and O–H groups in total. The lowest BCUT2D eigenvalue weighted by molar-refractivity contribution is -0.162. The van der Waals surface area contributed by atoms with E-state index in [4.69, 9.17) is 15.2 Å². The Bertz CT molecular complexity index is 189. The fraction of sp³-hybridized carbons (Fsp3) is 0.857. The van der Waals surface area contributed by atoms with Crippen LogP contribution in [-0.2, 0) is 9.47 Å². The first kappa shape index (κ1) is 14.7. The maximum Gasteiger partial charge on any atom is 0.157 e. The quantitative estimate of drug-likeness (QED) is 0.498. The Labute approximate surface area is 105 Å². The number of hydrogen-bond donors (Lipinski definition) is 1. The highest BCUT2D eigenvalue weighted by molar-refractivity contribution is 4.81. The molecule has 0 bridgehead atoms. The number of allylic oxidation sites excluding steroid dienone is 1. The molecule has 1 unspecified atom stereocenters. The lowest BCUT2D eigenvalue weighted by Crippen LogP contribution is -2.22. The minimum absolute atomic E-state index is 0.0770. The first-order valence-corrected chi connectivity index (χ1v) is 7.02. The molecule has 0 amide bonds. The van der Waals surface area contributed by atoms with Gasteiger partial charge in [-0.2, -0.15) is 0 Å². The smallest absolute Gasteiger partial charge is 0.157 e. The molecule has 0 aliphatic carbocycles. The third-order valence-corrected chi connectivity index (χ3v) is 2.96. The molecule has 17 heavy (non-hydrogen) atoms. The molecule has 3 heteroatoms. The molecule has 100 valence electrons. The largest absolute Gasteiger partial charge is 0.353 e. The highest BCUT2D eigenvalue weighted by Crippen LogP contribution is 2.14. The normalized spacial score (nSPS) is 21.1. The van der Waals surface area contributed by atoms with Gasteiger partial charge in [0.05, 0.1) is 0 Å². The number of rotatable bonds is 9. The number of hydrogen-bond acceptors (Lipinski definition) is 3. The van der Waals surface area contributed by atoms with Crippen molar-refractivity contribution in [2.45, 2.75) is 57.7 Å². The Morgan fingerprint density at radius 2 is 2.00 bits per heavy atom. The van der Waals surface area contributed by atoms with Gasteiger partial charge in [0.2, 0.25) is 0 Å². The highest BCUT2D eigenvalue weighted by atomic mass is 16.7. The van der Waals surface area contributed by atoms with E-state index in [2.05, 4.69) is 12.2 Å². The van der Waals surface area contributed by atoms with Crippen LogP contribution in [0.3, 0.4) is 0 Å². The standard InChI is InChI=1S/C14H27NO2/c15-11-7-4-2-1-3-5-8-12-16-14-10-6-9-13-17-14/h2,4,14H,1,3,5-13,15H2/b4-2-. The van der Waals surface area contributed by atoms with Crippen LogP contribution >= 0.6 is 0 Å². The van der Waals surface area contributed by atoms with Crippen molar-refractivity contribution < 1.29 is 9.47 Å². The van der Waals surface area contributed by atoms with Gasteiger partial charge in [0.1, 0.15) is 0 Å².